The van der Waals surface area contributed by atoms with Gasteiger partial charge in [-0.3, -0.25) is 9.59 Å². The summed E-state index contributed by atoms with van der Waals surface area (Å²) in [5.74, 6) is -1.35. The molecule has 2 N–H and O–H groups in total. The molecule has 0 aliphatic carbocycles. The molecule has 0 bridgehead atoms. The second-order valence-electron chi connectivity index (χ2n) is 5.02. The Balaban J connectivity index is 2.14. The maximum absolute atomic E-state index is 13.8. The molecule has 2 amide bonds. The number of nitrogens with zero attached hydrogens (tertiary/aromatic N) is 1. The van der Waals surface area contributed by atoms with Crippen LogP contribution in [0.4, 0.5) is 4.39 Å². The van der Waals surface area contributed by atoms with Crippen molar-refractivity contribution in [1.29, 1.82) is 0 Å². The second-order valence-corrected chi connectivity index (χ2v) is 5.02. The van der Waals surface area contributed by atoms with Crippen LogP contribution in [0.5, 0.6) is 5.75 Å². The topological polar surface area (TPSA) is 72.6 Å². The Morgan fingerprint density at radius 3 is 2.62 bits per heavy atom. The molecular weight excluding hydrogens is 275 g/mol. The minimum Gasteiger partial charge on any atom is -0.490 e. The van der Waals surface area contributed by atoms with Crippen molar-refractivity contribution in [3.05, 3.63) is 29.6 Å². The molecule has 0 unspecified atom stereocenters. The molecule has 0 aromatic heterocycles. The smallest absolute Gasteiger partial charge is 0.257 e. The first-order chi connectivity index (χ1) is 10.0. The number of nitrogens with two attached hydrogens (primary N) is 1. The summed E-state index contributed by atoms with van der Waals surface area (Å²) in [5, 5.41) is 0. The molecule has 0 atom stereocenters. The summed E-state index contributed by atoms with van der Waals surface area (Å²) in [6, 6.07) is 4.30. The molecule has 114 valence electrons. The van der Waals surface area contributed by atoms with Crippen LogP contribution < -0.4 is 10.5 Å². The molecule has 1 heterocycles. The lowest BCUT2D eigenvalue weighted by molar-refractivity contribution is -0.123. The zero-order valence-corrected chi connectivity index (χ0v) is 12.0. The Morgan fingerprint density at radius 2 is 2.05 bits per heavy atom. The first-order valence-corrected chi connectivity index (χ1v) is 7.04. The van der Waals surface area contributed by atoms with Crippen molar-refractivity contribution in [3.63, 3.8) is 0 Å². The highest BCUT2D eigenvalue weighted by Crippen LogP contribution is 2.26. The molecule has 1 aliphatic heterocycles. The van der Waals surface area contributed by atoms with Gasteiger partial charge in [-0.25, -0.2) is 4.39 Å². The van der Waals surface area contributed by atoms with E-state index in [2.05, 4.69) is 0 Å². The first-order valence-electron chi connectivity index (χ1n) is 7.04. The number of carbonyl (C=O) groups is 2. The van der Waals surface area contributed by atoms with Crippen LogP contribution in [0, 0.1) is 11.7 Å². The Morgan fingerprint density at radius 1 is 1.38 bits per heavy atom. The van der Waals surface area contributed by atoms with Gasteiger partial charge in [-0.2, -0.15) is 0 Å². The van der Waals surface area contributed by atoms with E-state index < -0.39 is 5.82 Å². The zero-order chi connectivity index (χ0) is 15.4. The number of halogens is 1. The second kappa shape index (κ2) is 6.56. The number of amides is 2. The predicted molar refractivity (Wildman–Crippen MR) is 75.4 cm³/mol. The summed E-state index contributed by atoms with van der Waals surface area (Å²) in [6.07, 6.45) is 1.08. The highest BCUT2D eigenvalue weighted by molar-refractivity contribution is 5.97. The van der Waals surface area contributed by atoms with E-state index >= 15 is 0 Å². The van der Waals surface area contributed by atoms with Crippen molar-refractivity contribution in [2.75, 3.05) is 19.7 Å². The van der Waals surface area contributed by atoms with Gasteiger partial charge in [0.2, 0.25) is 5.91 Å². The van der Waals surface area contributed by atoms with Gasteiger partial charge in [-0.05, 0) is 31.9 Å². The highest BCUT2D eigenvalue weighted by atomic mass is 19.1. The van der Waals surface area contributed by atoms with Gasteiger partial charge < -0.3 is 15.4 Å². The van der Waals surface area contributed by atoms with Crippen LogP contribution in [0.25, 0.3) is 0 Å². The van der Waals surface area contributed by atoms with Gasteiger partial charge in [0.15, 0.2) is 11.6 Å². The first kappa shape index (κ1) is 15.3. The zero-order valence-electron chi connectivity index (χ0n) is 12.0. The number of hydrogen-bond acceptors (Lipinski definition) is 3. The van der Waals surface area contributed by atoms with Crippen molar-refractivity contribution >= 4 is 11.8 Å². The van der Waals surface area contributed by atoms with Gasteiger partial charge in [0, 0.05) is 19.0 Å². The number of ether oxygens (including phenoxy) is 1. The third-order valence-electron chi connectivity index (χ3n) is 3.67. The maximum Gasteiger partial charge on any atom is 0.257 e. The lowest BCUT2D eigenvalue weighted by atomic mass is 9.96. The fourth-order valence-electron chi connectivity index (χ4n) is 2.51. The molecule has 0 radical (unpaired) electrons. The fraction of sp³-hybridized carbons (Fsp3) is 0.467. The van der Waals surface area contributed by atoms with E-state index in [4.69, 9.17) is 10.5 Å². The lowest BCUT2D eigenvalue weighted by Gasteiger charge is -2.31. The van der Waals surface area contributed by atoms with Gasteiger partial charge in [-0.15, -0.1) is 0 Å². The maximum atomic E-state index is 13.8. The van der Waals surface area contributed by atoms with Gasteiger partial charge in [0.25, 0.3) is 5.91 Å². The van der Waals surface area contributed by atoms with Crippen LogP contribution >= 0.6 is 0 Å². The van der Waals surface area contributed by atoms with Crippen molar-refractivity contribution in [1.82, 2.24) is 4.90 Å². The standard InChI is InChI=1S/C15H19FN2O3/c1-2-21-13-11(4-3-5-12(13)16)15(20)18-8-6-10(7-9-18)14(17)19/h3-5,10H,2,6-9H2,1H3,(H2,17,19). The van der Waals surface area contributed by atoms with Crippen molar-refractivity contribution < 1.29 is 18.7 Å². The molecule has 21 heavy (non-hydrogen) atoms. The summed E-state index contributed by atoms with van der Waals surface area (Å²) >= 11 is 0. The molecule has 5 nitrogen and oxygen atoms in total. The minimum absolute atomic E-state index is 0.0120. The van der Waals surface area contributed by atoms with E-state index in [1.807, 2.05) is 0 Å². The highest BCUT2D eigenvalue weighted by Gasteiger charge is 2.28. The summed E-state index contributed by atoms with van der Waals surface area (Å²) in [5.41, 5.74) is 5.49. The molecule has 0 saturated carbocycles. The number of carbonyl (C=O) groups excluding carboxylic acids is 2. The van der Waals surface area contributed by atoms with Crippen molar-refractivity contribution in [3.8, 4) is 5.75 Å². The molecule has 1 fully saturated rings. The average Bonchev–Trinajstić information content (AvgIpc) is 2.49. The van der Waals surface area contributed by atoms with Gasteiger partial charge >= 0.3 is 0 Å². The number of benzene rings is 1. The molecule has 1 saturated heterocycles. The summed E-state index contributed by atoms with van der Waals surface area (Å²) in [7, 11) is 0. The van der Waals surface area contributed by atoms with Crippen molar-refractivity contribution in [2.45, 2.75) is 19.8 Å². The number of rotatable bonds is 4. The van der Waals surface area contributed by atoms with Gasteiger partial charge in [-0.1, -0.05) is 6.07 Å². The third-order valence-corrected chi connectivity index (χ3v) is 3.67. The van der Waals surface area contributed by atoms with Crippen LogP contribution in [0.3, 0.4) is 0 Å². The SMILES string of the molecule is CCOc1c(F)cccc1C(=O)N1CCC(C(N)=O)CC1. The number of para-hydroxylation sites is 1. The molecule has 0 spiro atoms. The summed E-state index contributed by atoms with van der Waals surface area (Å²) in [6.45, 7) is 2.90. The van der Waals surface area contributed by atoms with Crippen LogP contribution in [-0.4, -0.2) is 36.4 Å². The van der Waals surface area contributed by atoms with E-state index in [1.165, 1.54) is 12.1 Å². The number of piperidine rings is 1. The predicted octanol–water partition coefficient (Wildman–Crippen LogP) is 1.56. The van der Waals surface area contributed by atoms with E-state index in [9.17, 15) is 14.0 Å². The fourth-order valence-corrected chi connectivity index (χ4v) is 2.51. The molecular formula is C15H19FN2O3. The summed E-state index contributed by atoms with van der Waals surface area (Å²) < 4.78 is 19.0. The molecule has 1 aromatic carbocycles. The Bertz CT molecular complexity index is 540. The quantitative estimate of drug-likeness (QED) is 0.916. The number of hydrogen-bond donors (Lipinski definition) is 1. The van der Waals surface area contributed by atoms with Crippen LogP contribution in [-0.2, 0) is 4.79 Å². The van der Waals surface area contributed by atoms with Gasteiger partial charge in [0.1, 0.15) is 0 Å². The van der Waals surface area contributed by atoms with E-state index in [0.717, 1.165) is 0 Å². The van der Waals surface area contributed by atoms with Crippen molar-refractivity contribution in [2.24, 2.45) is 11.7 Å². The number of primary amides is 1. The molecule has 2 rings (SSSR count). The van der Waals surface area contributed by atoms with Crippen LogP contribution in [0.1, 0.15) is 30.1 Å². The number of likely N-dealkylation sites (tertiary alicyclic amines) is 1. The Kier molecular flexibility index (Phi) is 4.77. The monoisotopic (exact) mass is 294 g/mol. The van der Waals surface area contributed by atoms with E-state index in [-0.39, 0.29) is 35.7 Å². The largest absolute Gasteiger partial charge is 0.490 e. The lowest BCUT2D eigenvalue weighted by Crippen LogP contribution is -2.41. The average molecular weight is 294 g/mol. The van der Waals surface area contributed by atoms with E-state index in [1.54, 1.807) is 17.9 Å². The minimum atomic E-state index is -0.547. The van der Waals surface area contributed by atoms with E-state index in [0.29, 0.717) is 25.9 Å². The molecule has 6 heteroatoms. The Hall–Kier alpha value is -2.11. The van der Waals surface area contributed by atoms with Crippen LogP contribution in [0.2, 0.25) is 0 Å². The van der Waals surface area contributed by atoms with Crippen LogP contribution in [0.15, 0.2) is 18.2 Å². The molecule has 1 aromatic rings. The molecule has 1 aliphatic rings. The summed E-state index contributed by atoms with van der Waals surface area (Å²) in [4.78, 5) is 25.2. The van der Waals surface area contributed by atoms with Gasteiger partial charge in [0.05, 0.1) is 12.2 Å². The normalized spacial score (nSPS) is 15.8. The third kappa shape index (κ3) is 3.32. The Labute approximate surface area is 122 Å².